The number of hydrogen-bond donors (Lipinski definition) is 2. The summed E-state index contributed by atoms with van der Waals surface area (Å²) < 4.78 is 12.9. The van der Waals surface area contributed by atoms with Crippen molar-refractivity contribution in [1.29, 1.82) is 0 Å². The zero-order chi connectivity index (χ0) is 12.3. The largest absolute Gasteiger partial charge is 0.388 e. The van der Waals surface area contributed by atoms with Crippen LogP contribution in [0.4, 0.5) is 4.39 Å². The van der Waals surface area contributed by atoms with Gasteiger partial charge in [0.1, 0.15) is 5.82 Å². The summed E-state index contributed by atoms with van der Waals surface area (Å²) in [5, 5.41) is 12.5. The molecule has 92 valence electrons. The number of rotatable bonds is 5. The normalized spacial score (nSPS) is 16.6. The van der Waals surface area contributed by atoms with Crippen molar-refractivity contribution in [2.75, 3.05) is 6.54 Å². The summed E-state index contributed by atoms with van der Waals surface area (Å²) >= 11 is 0. The quantitative estimate of drug-likeness (QED) is 0.820. The summed E-state index contributed by atoms with van der Waals surface area (Å²) in [6.45, 7) is 0.689. The van der Waals surface area contributed by atoms with Gasteiger partial charge in [0, 0.05) is 6.54 Å². The first kappa shape index (κ1) is 12.0. The Morgan fingerprint density at radius 1 is 1.53 bits per heavy atom. The highest BCUT2D eigenvalue weighted by Crippen LogP contribution is 2.27. The fourth-order valence-corrected chi connectivity index (χ4v) is 1.66. The molecule has 0 spiro atoms. The monoisotopic (exact) mass is 237 g/mol. The fourth-order valence-electron chi connectivity index (χ4n) is 1.66. The molecule has 0 radical (unpaired) electrons. The minimum absolute atomic E-state index is 0.0177. The van der Waals surface area contributed by atoms with Crippen LogP contribution in [0.2, 0.25) is 0 Å². The maximum Gasteiger partial charge on any atom is 0.222 e. The van der Waals surface area contributed by atoms with E-state index in [0.717, 1.165) is 0 Å². The molecule has 3 nitrogen and oxygen atoms in total. The minimum atomic E-state index is -0.940. The lowest BCUT2D eigenvalue weighted by atomic mass is 10.1. The molecule has 0 heterocycles. The lowest BCUT2D eigenvalue weighted by molar-refractivity contribution is -0.123. The summed E-state index contributed by atoms with van der Waals surface area (Å²) in [6.07, 6.45) is 1.39. The summed E-state index contributed by atoms with van der Waals surface area (Å²) in [5.41, 5.74) is 0.437. The van der Waals surface area contributed by atoms with Crippen LogP contribution in [-0.4, -0.2) is 17.6 Å². The Morgan fingerprint density at radius 2 is 2.29 bits per heavy atom. The van der Waals surface area contributed by atoms with E-state index in [1.54, 1.807) is 6.07 Å². The molecule has 2 N–H and O–H groups in total. The van der Waals surface area contributed by atoms with Crippen molar-refractivity contribution in [1.82, 2.24) is 5.32 Å². The first-order valence-corrected chi connectivity index (χ1v) is 5.85. The average molecular weight is 237 g/mol. The van der Waals surface area contributed by atoms with E-state index in [1.807, 2.05) is 0 Å². The molecule has 4 heteroatoms. The number of carbonyl (C=O) groups excluding carboxylic acids is 1. The van der Waals surface area contributed by atoms with E-state index < -0.39 is 11.9 Å². The van der Waals surface area contributed by atoms with Crippen molar-refractivity contribution < 1.29 is 14.3 Å². The lowest BCUT2D eigenvalue weighted by Crippen LogP contribution is -2.27. The Bertz CT molecular complexity index is 404. The van der Waals surface area contributed by atoms with Crippen LogP contribution in [0.25, 0.3) is 0 Å². The molecule has 1 aromatic rings. The maximum atomic E-state index is 12.9. The van der Waals surface area contributed by atoms with Gasteiger partial charge in [-0.2, -0.15) is 0 Å². The molecule has 1 saturated carbocycles. The van der Waals surface area contributed by atoms with Crippen LogP contribution in [0.1, 0.15) is 30.9 Å². The minimum Gasteiger partial charge on any atom is -0.388 e. The second-order valence-corrected chi connectivity index (χ2v) is 4.52. The van der Waals surface area contributed by atoms with Crippen molar-refractivity contribution in [3.63, 3.8) is 0 Å². The van der Waals surface area contributed by atoms with Crippen LogP contribution >= 0.6 is 0 Å². The van der Waals surface area contributed by atoms with E-state index in [-0.39, 0.29) is 12.3 Å². The molecule has 17 heavy (non-hydrogen) atoms. The van der Waals surface area contributed by atoms with Crippen LogP contribution in [0.3, 0.4) is 0 Å². The average Bonchev–Trinajstić information content (AvgIpc) is 3.10. The van der Waals surface area contributed by atoms with Gasteiger partial charge in [0.15, 0.2) is 0 Å². The standard InChI is InChI=1S/C13H16FNO2/c14-11-3-1-2-10(6-11)12(16)7-13(17)15-8-9-4-5-9/h1-3,6,9,12,16H,4-5,7-8H2,(H,15,17). The number of aliphatic hydroxyl groups is 1. The van der Waals surface area contributed by atoms with Crippen LogP contribution in [0.5, 0.6) is 0 Å². The topological polar surface area (TPSA) is 49.3 Å². The smallest absolute Gasteiger partial charge is 0.222 e. The maximum absolute atomic E-state index is 12.9. The van der Waals surface area contributed by atoms with E-state index in [4.69, 9.17) is 0 Å². The second-order valence-electron chi connectivity index (χ2n) is 4.52. The molecule has 1 amide bonds. The van der Waals surface area contributed by atoms with Crippen molar-refractivity contribution in [2.24, 2.45) is 5.92 Å². The summed E-state index contributed by atoms with van der Waals surface area (Å²) in [5.74, 6) is 0.0267. The number of amides is 1. The molecule has 0 bridgehead atoms. The zero-order valence-corrected chi connectivity index (χ0v) is 9.53. The Morgan fingerprint density at radius 3 is 2.94 bits per heavy atom. The van der Waals surface area contributed by atoms with Crippen molar-refractivity contribution in [2.45, 2.75) is 25.4 Å². The molecule has 1 fully saturated rings. The van der Waals surface area contributed by atoms with Gasteiger partial charge >= 0.3 is 0 Å². The molecule has 0 aromatic heterocycles. The highest BCUT2D eigenvalue weighted by Gasteiger charge is 2.22. The highest BCUT2D eigenvalue weighted by molar-refractivity contribution is 5.76. The third-order valence-corrected chi connectivity index (χ3v) is 2.90. The molecule has 1 unspecified atom stereocenters. The summed E-state index contributed by atoms with van der Waals surface area (Å²) in [4.78, 5) is 11.5. The van der Waals surface area contributed by atoms with Crippen molar-refractivity contribution >= 4 is 5.91 Å². The first-order valence-electron chi connectivity index (χ1n) is 5.85. The number of nitrogens with one attached hydrogen (secondary N) is 1. The number of benzene rings is 1. The van der Waals surface area contributed by atoms with E-state index >= 15 is 0 Å². The van der Waals surface area contributed by atoms with Gasteiger partial charge in [-0.15, -0.1) is 0 Å². The Hall–Kier alpha value is -1.42. The van der Waals surface area contributed by atoms with Crippen molar-refractivity contribution in [3.8, 4) is 0 Å². The van der Waals surface area contributed by atoms with Gasteiger partial charge in [-0.05, 0) is 36.5 Å². The summed E-state index contributed by atoms with van der Waals surface area (Å²) in [7, 11) is 0. The third kappa shape index (κ3) is 3.82. The number of aliphatic hydroxyl groups excluding tert-OH is 1. The fraction of sp³-hybridized carbons (Fsp3) is 0.462. The Balaban J connectivity index is 1.82. The van der Waals surface area contributed by atoms with Gasteiger partial charge < -0.3 is 10.4 Å². The van der Waals surface area contributed by atoms with Crippen LogP contribution < -0.4 is 5.32 Å². The molecule has 1 aliphatic rings. The number of carbonyl (C=O) groups is 1. The lowest BCUT2D eigenvalue weighted by Gasteiger charge is -2.11. The Kier molecular flexibility index (Phi) is 3.74. The molecular formula is C13H16FNO2. The highest BCUT2D eigenvalue weighted by atomic mass is 19.1. The van der Waals surface area contributed by atoms with Gasteiger partial charge in [0.05, 0.1) is 12.5 Å². The molecule has 1 aromatic carbocycles. The van der Waals surface area contributed by atoms with Crippen LogP contribution in [-0.2, 0) is 4.79 Å². The summed E-state index contributed by atoms with van der Waals surface area (Å²) in [6, 6.07) is 5.69. The molecule has 0 saturated heterocycles. The van der Waals surface area contributed by atoms with E-state index in [9.17, 15) is 14.3 Å². The molecule has 1 atom stereocenters. The van der Waals surface area contributed by atoms with Gasteiger partial charge in [-0.1, -0.05) is 12.1 Å². The SMILES string of the molecule is O=C(CC(O)c1cccc(F)c1)NCC1CC1. The predicted octanol–water partition coefficient (Wildman–Crippen LogP) is 1.78. The van der Waals surface area contributed by atoms with Gasteiger partial charge in [0.25, 0.3) is 0 Å². The van der Waals surface area contributed by atoms with Crippen LogP contribution in [0, 0.1) is 11.7 Å². The Labute approximate surface area is 99.7 Å². The number of halogens is 1. The van der Waals surface area contributed by atoms with E-state index in [1.165, 1.54) is 31.0 Å². The van der Waals surface area contributed by atoms with E-state index in [0.29, 0.717) is 18.0 Å². The van der Waals surface area contributed by atoms with Gasteiger partial charge in [-0.25, -0.2) is 4.39 Å². The molecular weight excluding hydrogens is 221 g/mol. The zero-order valence-electron chi connectivity index (χ0n) is 9.53. The van der Waals surface area contributed by atoms with Crippen molar-refractivity contribution in [3.05, 3.63) is 35.6 Å². The van der Waals surface area contributed by atoms with E-state index in [2.05, 4.69) is 5.32 Å². The van der Waals surface area contributed by atoms with Gasteiger partial charge in [0.2, 0.25) is 5.91 Å². The van der Waals surface area contributed by atoms with Crippen LogP contribution in [0.15, 0.2) is 24.3 Å². The first-order chi connectivity index (χ1) is 8.15. The second kappa shape index (κ2) is 5.27. The number of hydrogen-bond acceptors (Lipinski definition) is 2. The predicted molar refractivity (Wildman–Crippen MR) is 61.7 cm³/mol. The molecule has 0 aliphatic heterocycles. The third-order valence-electron chi connectivity index (χ3n) is 2.90. The molecule has 2 rings (SSSR count). The molecule has 1 aliphatic carbocycles. The van der Waals surface area contributed by atoms with Gasteiger partial charge in [-0.3, -0.25) is 4.79 Å².